The summed E-state index contributed by atoms with van der Waals surface area (Å²) in [6, 6.07) is 1.92. The minimum atomic E-state index is 0.264. The van der Waals surface area contributed by atoms with E-state index in [1.165, 1.54) is 23.7 Å². The van der Waals surface area contributed by atoms with Crippen LogP contribution in [0.25, 0.3) is 22.3 Å². The zero-order chi connectivity index (χ0) is 12.5. The Morgan fingerprint density at radius 3 is 2.83 bits per heavy atom. The second-order valence-corrected chi connectivity index (χ2v) is 5.17. The molecule has 0 saturated heterocycles. The largest absolute Gasteiger partial charge is 0.382 e. The number of hydrogen-bond acceptors (Lipinski definition) is 7. The molecular formula is C10H6BrN5OS. The first kappa shape index (κ1) is 11.3. The summed E-state index contributed by atoms with van der Waals surface area (Å²) in [4.78, 5) is 13.2. The van der Waals surface area contributed by atoms with Crippen LogP contribution in [0.5, 0.6) is 0 Å². The van der Waals surface area contributed by atoms with E-state index in [-0.39, 0.29) is 11.7 Å². The van der Waals surface area contributed by atoms with Gasteiger partial charge in [-0.25, -0.2) is 9.97 Å². The molecule has 3 heterocycles. The molecule has 3 rings (SSSR count). The van der Waals surface area contributed by atoms with Gasteiger partial charge in [0.2, 0.25) is 5.82 Å². The smallest absolute Gasteiger partial charge is 0.280 e. The first-order valence-corrected chi connectivity index (χ1v) is 6.56. The van der Waals surface area contributed by atoms with E-state index >= 15 is 0 Å². The van der Waals surface area contributed by atoms with Gasteiger partial charge in [-0.3, -0.25) is 0 Å². The van der Waals surface area contributed by atoms with Crippen LogP contribution in [0.2, 0.25) is 0 Å². The van der Waals surface area contributed by atoms with E-state index in [2.05, 4.69) is 36.0 Å². The molecule has 0 aromatic carbocycles. The molecule has 90 valence electrons. The lowest BCUT2D eigenvalue weighted by molar-refractivity contribution is 0.431. The van der Waals surface area contributed by atoms with Gasteiger partial charge in [0.15, 0.2) is 11.5 Å². The summed E-state index contributed by atoms with van der Waals surface area (Å²) >= 11 is 4.89. The van der Waals surface area contributed by atoms with Crippen LogP contribution in [-0.4, -0.2) is 20.1 Å². The average molecular weight is 324 g/mol. The normalized spacial score (nSPS) is 10.7. The predicted molar refractivity (Wildman–Crippen MR) is 70.7 cm³/mol. The number of thiophene rings is 1. The molecule has 0 saturated carbocycles. The number of nitrogens with zero attached hydrogens (tertiary/aromatic N) is 4. The van der Waals surface area contributed by atoms with Gasteiger partial charge in [0.25, 0.3) is 5.89 Å². The maximum absolute atomic E-state index is 5.70. The zero-order valence-corrected chi connectivity index (χ0v) is 11.3. The lowest BCUT2D eigenvalue weighted by Gasteiger charge is -1.95. The van der Waals surface area contributed by atoms with E-state index in [1.807, 2.05) is 11.4 Å². The van der Waals surface area contributed by atoms with Crippen molar-refractivity contribution in [2.75, 3.05) is 5.73 Å². The molecule has 3 aromatic heterocycles. The van der Waals surface area contributed by atoms with Crippen molar-refractivity contribution < 1.29 is 4.52 Å². The highest BCUT2D eigenvalue weighted by Gasteiger charge is 2.15. The third-order valence-electron chi connectivity index (χ3n) is 2.14. The molecule has 8 heteroatoms. The Bertz CT molecular complexity index is 695. The van der Waals surface area contributed by atoms with Gasteiger partial charge in [-0.05, 0) is 22.0 Å². The van der Waals surface area contributed by atoms with Crippen LogP contribution in [-0.2, 0) is 0 Å². The number of rotatable bonds is 2. The number of hydrogen-bond donors (Lipinski definition) is 1. The topological polar surface area (TPSA) is 90.7 Å². The first-order chi connectivity index (χ1) is 8.74. The van der Waals surface area contributed by atoms with Crippen molar-refractivity contribution >= 4 is 33.1 Å². The van der Waals surface area contributed by atoms with Crippen molar-refractivity contribution in [3.05, 3.63) is 28.3 Å². The standard InChI is InChI=1S/C10H6BrN5OS/c11-5-3-6(18-4-5)9-15-10(17-16-9)7-8(12)14-2-1-13-7/h1-4H,(H2,12,14). The van der Waals surface area contributed by atoms with Crippen LogP contribution in [0, 0.1) is 0 Å². The van der Waals surface area contributed by atoms with E-state index in [0.717, 1.165) is 9.35 Å². The fraction of sp³-hybridized carbons (Fsp3) is 0. The molecule has 0 bridgehead atoms. The van der Waals surface area contributed by atoms with Gasteiger partial charge in [-0.1, -0.05) is 5.16 Å². The quantitative estimate of drug-likeness (QED) is 0.779. The summed E-state index contributed by atoms with van der Waals surface area (Å²) in [6.45, 7) is 0. The van der Waals surface area contributed by atoms with E-state index < -0.39 is 0 Å². The minimum Gasteiger partial charge on any atom is -0.382 e. The molecule has 6 nitrogen and oxygen atoms in total. The SMILES string of the molecule is Nc1nccnc1-c1nc(-c2cc(Br)cs2)no1. The lowest BCUT2D eigenvalue weighted by Crippen LogP contribution is -1.95. The fourth-order valence-corrected chi connectivity index (χ4v) is 2.72. The van der Waals surface area contributed by atoms with Crippen molar-refractivity contribution in [2.45, 2.75) is 0 Å². The number of halogens is 1. The van der Waals surface area contributed by atoms with E-state index in [1.54, 1.807) is 0 Å². The van der Waals surface area contributed by atoms with E-state index in [0.29, 0.717) is 11.5 Å². The number of nitrogens with two attached hydrogens (primary N) is 1. The third kappa shape index (κ3) is 2.00. The molecule has 2 N–H and O–H groups in total. The number of anilines is 1. The molecule has 3 aromatic rings. The maximum Gasteiger partial charge on any atom is 0.280 e. The minimum absolute atomic E-state index is 0.264. The van der Waals surface area contributed by atoms with Crippen LogP contribution < -0.4 is 5.73 Å². The van der Waals surface area contributed by atoms with Crippen LogP contribution in [0.1, 0.15) is 0 Å². The molecule has 0 aliphatic carbocycles. The Kier molecular flexibility index (Phi) is 2.80. The maximum atomic E-state index is 5.70. The average Bonchev–Trinajstić information content (AvgIpc) is 2.98. The molecule has 0 fully saturated rings. The Balaban J connectivity index is 2.02. The van der Waals surface area contributed by atoms with Crippen molar-refractivity contribution in [2.24, 2.45) is 0 Å². The van der Waals surface area contributed by atoms with Gasteiger partial charge in [0, 0.05) is 22.2 Å². The summed E-state index contributed by atoms with van der Waals surface area (Å²) < 4.78 is 6.12. The van der Waals surface area contributed by atoms with Crippen molar-refractivity contribution in [1.29, 1.82) is 0 Å². The van der Waals surface area contributed by atoms with Crippen LogP contribution >= 0.6 is 27.3 Å². The Morgan fingerprint density at radius 2 is 2.11 bits per heavy atom. The lowest BCUT2D eigenvalue weighted by atomic mass is 10.4. The van der Waals surface area contributed by atoms with Gasteiger partial charge in [0.05, 0.1) is 4.88 Å². The van der Waals surface area contributed by atoms with Gasteiger partial charge in [-0.2, -0.15) is 4.98 Å². The van der Waals surface area contributed by atoms with Gasteiger partial charge in [-0.15, -0.1) is 11.3 Å². The molecule has 0 radical (unpaired) electrons. The highest BCUT2D eigenvalue weighted by Crippen LogP contribution is 2.29. The first-order valence-electron chi connectivity index (χ1n) is 4.89. The van der Waals surface area contributed by atoms with E-state index in [4.69, 9.17) is 10.3 Å². The Labute approximate surface area is 114 Å². The summed E-state index contributed by atoms with van der Waals surface area (Å²) in [6.07, 6.45) is 3.03. The van der Waals surface area contributed by atoms with E-state index in [9.17, 15) is 0 Å². The fourth-order valence-electron chi connectivity index (χ4n) is 1.36. The van der Waals surface area contributed by atoms with Crippen molar-refractivity contribution in [3.8, 4) is 22.3 Å². The molecular weight excluding hydrogens is 318 g/mol. The molecule has 0 unspecified atom stereocenters. The highest BCUT2D eigenvalue weighted by molar-refractivity contribution is 9.10. The molecule has 0 atom stereocenters. The van der Waals surface area contributed by atoms with Crippen molar-refractivity contribution in [3.63, 3.8) is 0 Å². The molecule has 0 spiro atoms. The van der Waals surface area contributed by atoms with Gasteiger partial charge in [0.1, 0.15) is 0 Å². The molecule has 0 aliphatic rings. The van der Waals surface area contributed by atoms with Crippen molar-refractivity contribution in [1.82, 2.24) is 20.1 Å². The predicted octanol–water partition coefficient (Wildman–Crippen LogP) is 2.60. The summed E-state index contributed by atoms with van der Waals surface area (Å²) in [5.74, 6) is 1.03. The van der Waals surface area contributed by atoms with Crippen LogP contribution in [0.3, 0.4) is 0 Å². The molecule has 18 heavy (non-hydrogen) atoms. The summed E-state index contributed by atoms with van der Waals surface area (Å²) in [7, 11) is 0. The third-order valence-corrected chi connectivity index (χ3v) is 3.83. The van der Waals surface area contributed by atoms with Crippen LogP contribution in [0.15, 0.2) is 32.8 Å². The second-order valence-electron chi connectivity index (χ2n) is 3.34. The second kappa shape index (κ2) is 4.46. The monoisotopic (exact) mass is 323 g/mol. The summed E-state index contributed by atoms with van der Waals surface area (Å²) in [5, 5.41) is 5.84. The summed E-state index contributed by atoms with van der Waals surface area (Å²) in [5.41, 5.74) is 6.09. The zero-order valence-electron chi connectivity index (χ0n) is 8.87. The highest BCUT2D eigenvalue weighted by atomic mass is 79.9. The van der Waals surface area contributed by atoms with Crippen LogP contribution in [0.4, 0.5) is 5.82 Å². The number of aromatic nitrogens is 4. The van der Waals surface area contributed by atoms with Gasteiger partial charge >= 0.3 is 0 Å². The number of nitrogen functional groups attached to an aromatic ring is 1. The Morgan fingerprint density at radius 1 is 1.28 bits per heavy atom. The van der Waals surface area contributed by atoms with Gasteiger partial charge < -0.3 is 10.3 Å². The Hall–Kier alpha value is -1.80. The molecule has 0 amide bonds. The molecule has 0 aliphatic heterocycles.